The van der Waals surface area contributed by atoms with E-state index in [1.54, 1.807) is 13.0 Å². The van der Waals surface area contributed by atoms with Gasteiger partial charge >= 0.3 is 0 Å². The van der Waals surface area contributed by atoms with E-state index in [1.807, 2.05) is 37.3 Å². The third-order valence-electron chi connectivity index (χ3n) is 4.59. The maximum atomic E-state index is 12.5. The van der Waals surface area contributed by atoms with Gasteiger partial charge in [0, 0.05) is 24.5 Å². The van der Waals surface area contributed by atoms with Crippen molar-refractivity contribution in [2.45, 2.75) is 39.2 Å². The number of rotatable bonds is 5. The second kappa shape index (κ2) is 8.45. The topological polar surface area (TPSA) is 41.6 Å². The van der Waals surface area contributed by atoms with Crippen LogP contribution >= 0.6 is 11.6 Å². The molecule has 2 aromatic carbocycles. The number of hydrogen-bond donors (Lipinski definition) is 1. The molecule has 26 heavy (non-hydrogen) atoms. The first kappa shape index (κ1) is 18.6. The number of ether oxygens (including phenoxy) is 1. The predicted octanol–water partition coefficient (Wildman–Crippen LogP) is 5.04. The van der Waals surface area contributed by atoms with E-state index in [-0.39, 0.29) is 5.91 Å². The van der Waals surface area contributed by atoms with Gasteiger partial charge in [0.15, 0.2) is 6.10 Å². The monoisotopic (exact) mass is 372 g/mol. The molecule has 0 saturated carbocycles. The molecular weight excluding hydrogens is 348 g/mol. The number of halogens is 1. The normalized spacial score (nSPS) is 15.4. The van der Waals surface area contributed by atoms with Crippen LogP contribution in [-0.4, -0.2) is 25.1 Å². The molecule has 1 aliphatic heterocycles. The van der Waals surface area contributed by atoms with Gasteiger partial charge in [-0.1, -0.05) is 23.7 Å². The maximum absolute atomic E-state index is 12.5. The summed E-state index contributed by atoms with van der Waals surface area (Å²) in [6.45, 7) is 5.83. The molecule has 1 fully saturated rings. The summed E-state index contributed by atoms with van der Waals surface area (Å²) in [5.74, 6) is 0.328. The molecule has 2 aromatic rings. The first-order valence-corrected chi connectivity index (χ1v) is 9.49. The Morgan fingerprint density at radius 1 is 1.15 bits per heavy atom. The molecule has 1 saturated heterocycles. The molecule has 0 radical (unpaired) electrons. The van der Waals surface area contributed by atoms with Crippen molar-refractivity contribution in [1.29, 1.82) is 0 Å². The smallest absolute Gasteiger partial charge is 0.265 e. The number of aryl methyl sites for hydroxylation is 1. The van der Waals surface area contributed by atoms with Crippen molar-refractivity contribution >= 4 is 28.9 Å². The van der Waals surface area contributed by atoms with Crippen LogP contribution in [0.2, 0.25) is 5.02 Å². The Labute approximate surface area is 160 Å². The second-order valence-corrected chi connectivity index (χ2v) is 7.19. The van der Waals surface area contributed by atoms with Crippen LogP contribution in [-0.2, 0) is 4.79 Å². The van der Waals surface area contributed by atoms with E-state index in [0.717, 1.165) is 30.0 Å². The highest BCUT2D eigenvalue weighted by atomic mass is 35.5. The molecule has 0 aliphatic carbocycles. The maximum Gasteiger partial charge on any atom is 0.265 e. The van der Waals surface area contributed by atoms with Gasteiger partial charge < -0.3 is 15.0 Å². The van der Waals surface area contributed by atoms with Crippen LogP contribution in [0.1, 0.15) is 31.7 Å². The molecule has 1 N–H and O–H groups in total. The van der Waals surface area contributed by atoms with Gasteiger partial charge in [-0.3, -0.25) is 4.79 Å². The van der Waals surface area contributed by atoms with Crippen molar-refractivity contribution in [1.82, 2.24) is 0 Å². The van der Waals surface area contributed by atoms with E-state index in [0.29, 0.717) is 10.8 Å². The number of hydrogen-bond acceptors (Lipinski definition) is 3. The van der Waals surface area contributed by atoms with Crippen LogP contribution < -0.4 is 15.0 Å². The molecule has 0 bridgehead atoms. The van der Waals surface area contributed by atoms with Gasteiger partial charge in [0.25, 0.3) is 5.91 Å². The number of piperidine rings is 1. The minimum atomic E-state index is -0.645. The number of carbonyl (C=O) groups is 1. The average molecular weight is 373 g/mol. The Morgan fingerprint density at radius 3 is 2.69 bits per heavy atom. The summed E-state index contributed by atoms with van der Waals surface area (Å²) in [7, 11) is 0. The van der Waals surface area contributed by atoms with Crippen molar-refractivity contribution in [3.63, 3.8) is 0 Å². The van der Waals surface area contributed by atoms with Crippen molar-refractivity contribution in [2.24, 2.45) is 0 Å². The lowest BCUT2D eigenvalue weighted by Crippen LogP contribution is -2.31. The van der Waals surface area contributed by atoms with E-state index >= 15 is 0 Å². The van der Waals surface area contributed by atoms with E-state index in [1.165, 1.54) is 19.3 Å². The zero-order chi connectivity index (χ0) is 18.5. The summed E-state index contributed by atoms with van der Waals surface area (Å²) in [6.07, 6.45) is 3.09. The summed E-state index contributed by atoms with van der Waals surface area (Å²) in [5.41, 5.74) is 2.97. The van der Waals surface area contributed by atoms with E-state index in [9.17, 15) is 4.79 Å². The van der Waals surface area contributed by atoms with Crippen molar-refractivity contribution in [3.05, 3.63) is 53.1 Å². The highest BCUT2D eigenvalue weighted by molar-refractivity contribution is 6.32. The molecule has 1 atom stereocenters. The molecule has 1 unspecified atom stereocenters. The lowest BCUT2D eigenvalue weighted by atomic mass is 10.1. The first-order valence-electron chi connectivity index (χ1n) is 9.11. The summed E-state index contributed by atoms with van der Waals surface area (Å²) >= 11 is 6.15. The zero-order valence-corrected chi connectivity index (χ0v) is 16.1. The molecule has 5 heteroatoms. The van der Waals surface area contributed by atoms with Crippen LogP contribution in [0.5, 0.6) is 5.75 Å². The van der Waals surface area contributed by atoms with Gasteiger partial charge in [-0.2, -0.15) is 0 Å². The number of nitrogens with zero attached hydrogens (tertiary/aromatic N) is 1. The van der Waals surface area contributed by atoms with Gasteiger partial charge in [0.2, 0.25) is 0 Å². The van der Waals surface area contributed by atoms with Crippen LogP contribution in [0.3, 0.4) is 0 Å². The third-order valence-corrected chi connectivity index (χ3v) is 4.91. The second-order valence-electron chi connectivity index (χ2n) is 6.78. The Bertz CT molecular complexity index is 772. The SMILES string of the molecule is Cc1ccc(Cl)c(OC(C)C(=O)Nc2cccc(N3CCCCC3)c2)c1. The van der Waals surface area contributed by atoms with Crippen LogP contribution in [0.15, 0.2) is 42.5 Å². The summed E-state index contributed by atoms with van der Waals surface area (Å²) in [4.78, 5) is 14.9. The predicted molar refractivity (Wildman–Crippen MR) is 107 cm³/mol. The number of amides is 1. The number of benzene rings is 2. The van der Waals surface area contributed by atoms with E-state index < -0.39 is 6.10 Å². The fourth-order valence-corrected chi connectivity index (χ4v) is 3.28. The minimum Gasteiger partial charge on any atom is -0.479 e. The molecule has 3 rings (SSSR count). The minimum absolute atomic E-state index is 0.196. The Balaban J connectivity index is 1.64. The van der Waals surface area contributed by atoms with Gasteiger partial charge in [0.05, 0.1) is 5.02 Å². The highest BCUT2D eigenvalue weighted by Crippen LogP contribution is 2.27. The van der Waals surface area contributed by atoms with Gasteiger partial charge in [0.1, 0.15) is 5.75 Å². The van der Waals surface area contributed by atoms with Gasteiger partial charge in [-0.25, -0.2) is 0 Å². The van der Waals surface area contributed by atoms with Gasteiger partial charge in [-0.15, -0.1) is 0 Å². The largest absolute Gasteiger partial charge is 0.479 e. The first-order chi connectivity index (χ1) is 12.5. The molecule has 1 aliphatic rings. The van der Waals surface area contributed by atoms with Crippen molar-refractivity contribution in [3.8, 4) is 5.75 Å². The molecular formula is C21H25ClN2O2. The number of carbonyl (C=O) groups excluding carboxylic acids is 1. The summed E-state index contributed by atoms with van der Waals surface area (Å²) < 4.78 is 5.75. The fraction of sp³-hybridized carbons (Fsp3) is 0.381. The summed E-state index contributed by atoms with van der Waals surface area (Å²) in [5, 5.41) is 3.44. The average Bonchev–Trinajstić information content (AvgIpc) is 2.65. The van der Waals surface area contributed by atoms with Crippen LogP contribution in [0.25, 0.3) is 0 Å². The van der Waals surface area contributed by atoms with E-state index in [4.69, 9.17) is 16.3 Å². The molecule has 4 nitrogen and oxygen atoms in total. The van der Waals surface area contributed by atoms with Gasteiger partial charge in [-0.05, 0) is 69.0 Å². The standard InChI is InChI=1S/C21H25ClN2O2/c1-15-9-10-19(22)20(13-15)26-16(2)21(25)23-17-7-6-8-18(14-17)24-11-4-3-5-12-24/h6-10,13-14,16H,3-5,11-12H2,1-2H3,(H,23,25). The molecule has 0 aromatic heterocycles. The quantitative estimate of drug-likeness (QED) is 0.798. The van der Waals surface area contributed by atoms with Crippen LogP contribution in [0, 0.1) is 6.92 Å². The number of anilines is 2. The highest BCUT2D eigenvalue weighted by Gasteiger charge is 2.17. The summed E-state index contributed by atoms with van der Waals surface area (Å²) in [6, 6.07) is 13.5. The molecule has 1 heterocycles. The third kappa shape index (κ3) is 4.70. The molecule has 0 spiro atoms. The fourth-order valence-electron chi connectivity index (χ4n) is 3.12. The Kier molecular flexibility index (Phi) is 6.04. The zero-order valence-electron chi connectivity index (χ0n) is 15.3. The van der Waals surface area contributed by atoms with Crippen molar-refractivity contribution in [2.75, 3.05) is 23.3 Å². The molecule has 1 amide bonds. The van der Waals surface area contributed by atoms with E-state index in [2.05, 4.69) is 16.3 Å². The Hall–Kier alpha value is -2.20. The lowest BCUT2D eigenvalue weighted by molar-refractivity contribution is -0.122. The number of nitrogens with one attached hydrogen (secondary N) is 1. The lowest BCUT2D eigenvalue weighted by Gasteiger charge is -2.29. The molecule has 138 valence electrons. The van der Waals surface area contributed by atoms with Crippen LogP contribution in [0.4, 0.5) is 11.4 Å². The van der Waals surface area contributed by atoms with Crippen molar-refractivity contribution < 1.29 is 9.53 Å². The Morgan fingerprint density at radius 2 is 1.92 bits per heavy atom.